The van der Waals surface area contributed by atoms with Gasteiger partial charge < -0.3 is 20.9 Å². The van der Waals surface area contributed by atoms with E-state index in [1.807, 2.05) is 0 Å². The standard InChI is InChI=1S/C30H40N2O4/c1-2-3-4-5-6-7-22-8-13-24(14-9-22)30(34)36-27-17-10-23(11-18-27)12-19-29(33)35-21-25-15-16-26(31)20-28(25)32/h10-12,15-20,22,24H,2-9,13-14,21,31-32H2,1H3/b19-12+. The van der Waals surface area contributed by atoms with Crippen LogP contribution in [-0.4, -0.2) is 11.9 Å². The molecule has 0 amide bonds. The SMILES string of the molecule is CCCCCCCC1CCC(C(=O)Oc2ccc(/C=C/C(=O)OCc3ccc(N)cc3N)cc2)CC1. The molecule has 2 aromatic carbocycles. The molecule has 0 unspecified atom stereocenters. The zero-order valence-electron chi connectivity index (χ0n) is 21.4. The van der Waals surface area contributed by atoms with E-state index in [0.717, 1.165) is 37.2 Å². The number of hydrogen-bond acceptors (Lipinski definition) is 6. The molecule has 0 saturated heterocycles. The fourth-order valence-corrected chi connectivity index (χ4v) is 4.68. The molecular weight excluding hydrogens is 452 g/mol. The highest BCUT2D eigenvalue weighted by Gasteiger charge is 2.27. The average molecular weight is 493 g/mol. The number of carbonyl (C=O) groups excluding carboxylic acids is 2. The molecule has 2 aromatic rings. The van der Waals surface area contributed by atoms with Gasteiger partial charge in [-0.05, 0) is 67.5 Å². The zero-order chi connectivity index (χ0) is 25.8. The predicted octanol–water partition coefficient (Wildman–Crippen LogP) is 6.68. The molecule has 0 radical (unpaired) electrons. The van der Waals surface area contributed by atoms with Gasteiger partial charge in [0.15, 0.2) is 0 Å². The van der Waals surface area contributed by atoms with E-state index in [-0.39, 0.29) is 18.5 Å². The molecule has 0 spiro atoms. The van der Waals surface area contributed by atoms with Crippen LogP contribution in [0.5, 0.6) is 5.75 Å². The molecule has 1 aliphatic rings. The first kappa shape index (κ1) is 27.3. The van der Waals surface area contributed by atoms with Gasteiger partial charge >= 0.3 is 11.9 Å². The third kappa shape index (κ3) is 9.06. The van der Waals surface area contributed by atoms with Crippen molar-refractivity contribution in [3.8, 4) is 5.75 Å². The van der Waals surface area contributed by atoms with E-state index in [2.05, 4.69) is 6.92 Å². The summed E-state index contributed by atoms with van der Waals surface area (Å²) < 4.78 is 10.9. The number of unbranched alkanes of at least 4 members (excludes halogenated alkanes) is 4. The first-order valence-electron chi connectivity index (χ1n) is 13.2. The molecule has 0 aromatic heterocycles. The number of hydrogen-bond donors (Lipinski definition) is 2. The topological polar surface area (TPSA) is 105 Å². The Bertz CT molecular complexity index is 1010. The zero-order valence-corrected chi connectivity index (χ0v) is 21.4. The van der Waals surface area contributed by atoms with Crippen molar-refractivity contribution in [3.05, 3.63) is 59.7 Å². The van der Waals surface area contributed by atoms with Crippen LogP contribution in [0.2, 0.25) is 0 Å². The molecule has 1 aliphatic carbocycles. The molecule has 194 valence electrons. The third-order valence-electron chi connectivity index (χ3n) is 6.95. The first-order chi connectivity index (χ1) is 17.4. The lowest BCUT2D eigenvalue weighted by atomic mass is 9.80. The van der Waals surface area contributed by atoms with Crippen LogP contribution in [0.1, 0.15) is 82.3 Å². The minimum Gasteiger partial charge on any atom is -0.458 e. The molecule has 6 nitrogen and oxygen atoms in total. The molecule has 36 heavy (non-hydrogen) atoms. The highest BCUT2D eigenvalue weighted by atomic mass is 16.5. The van der Waals surface area contributed by atoms with Crippen molar-refractivity contribution in [2.24, 2.45) is 11.8 Å². The molecule has 0 atom stereocenters. The van der Waals surface area contributed by atoms with Crippen LogP contribution in [0.4, 0.5) is 11.4 Å². The van der Waals surface area contributed by atoms with E-state index in [4.69, 9.17) is 20.9 Å². The lowest BCUT2D eigenvalue weighted by molar-refractivity contribution is -0.140. The van der Waals surface area contributed by atoms with Crippen molar-refractivity contribution >= 4 is 29.4 Å². The normalized spacial score (nSPS) is 17.7. The summed E-state index contributed by atoms with van der Waals surface area (Å²) >= 11 is 0. The maximum absolute atomic E-state index is 12.6. The fraction of sp³-hybridized carbons (Fsp3) is 0.467. The van der Waals surface area contributed by atoms with E-state index in [9.17, 15) is 9.59 Å². The summed E-state index contributed by atoms with van der Waals surface area (Å²) in [5, 5.41) is 0. The van der Waals surface area contributed by atoms with Gasteiger partial charge in [0.1, 0.15) is 12.4 Å². The first-order valence-corrected chi connectivity index (χ1v) is 13.2. The number of ether oxygens (including phenoxy) is 2. The summed E-state index contributed by atoms with van der Waals surface area (Å²) in [5.41, 5.74) is 14.1. The number of rotatable bonds is 12. The number of nitrogens with two attached hydrogens (primary N) is 2. The Labute approximate surface area is 215 Å². The van der Waals surface area contributed by atoms with Gasteiger partial charge in [0.25, 0.3) is 0 Å². The van der Waals surface area contributed by atoms with Crippen molar-refractivity contribution in [2.45, 2.75) is 77.7 Å². The van der Waals surface area contributed by atoms with E-state index in [1.165, 1.54) is 44.6 Å². The smallest absolute Gasteiger partial charge is 0.331 e. The molecule has 1 fully saturated rings. The summed E-state index contributed by atoms with van der Waals surface area (Å²) in [6, 6.07) is 12.2. The Balaban J connectivity index is 1.37. The van der Waals surface area contributed by atoms with E-state index in [0.29, 0.717) is 22.7 Å². The second-order valence-corrected chi connectivity index (χ2v) is 9.81. The summed E-state index contributed by atoms with van der Waals surface area (Å²) in [6.07, 6.45) is 15.0. The average Bonchev–Trinajstić information content (AvgIpc) is 2.88. The van der Waals surface area contributed by atoms with Gasteiger partial charge in [-0.15, -0.1) is 0 Å². The maximum Gasteiger partial charge on any atom is 0.331 e. The lowest BCUT2D eigenvalue weighted by Crippen LogP contribution is -2.25. The molecule has 4 N–H and O–H groups in total. The Morgan fingerprint density at radius 3 is 2.36 bits per heavy atom. The Morgan fingerprint density at radius 1 is 0.944 bits per heavy atom. The molecule has 0 heterocycles. The Kier molecular flexibility index (Phi) is 10.9. The number of nitrogen functional groups attached to an aromatic ring is 2. The number of benzene rings is 2. The van der Waals surface area contributed by atoms with Crippen molar-refractivity contribution < 1.29 is 19.1 Å². The molecule has 1 saturated carbocycles. The van der Waals surface area contributed by atoms with Gasteiger partial charge in [-0.25, -0.2) is 4.79 Å². The van der Waals surface area contributed by atoms with Crippen molar-refractivity contribution in [3.63, 3.8) is 0 Å². The molecular formula is C30H40N2O4. The van der Waals surface area contributed by atoms with Crippen LogP contribution in [0.3, 0.4) is 0 Å². The van der Waals surface area contributed by atoms with Crippen LogP contribution in [0.25, 0.3) is 6.08 Å². The summed E-state index contributed by atoms with van der Waals surface area (Å²) in [6.45, 7) is 2.32. The Hall–Kier alpha value is -3.28. The number of esters is 2. The number of carbonyl (C=O) groups is 2. The van der Waals surface area contributed by atoms with Gasteiger partial charge in [-0.2, -0.15) is 0 Å². The van der Waals surface area contributed by atoms with Crippen molar-refractivity contribution in [2.75, 3.05) is 11.5 Å². The van der Waals surface area contributed by atoms with Gasteiger partial charge in [0.05, 0.1) is 5.92 Å². The van der Waals surface area contributed by atoms with Gasteiger partial charge in [0.2, 0.25) is 0 Å². The van der Waals surface area contributed by atoms with Crippen LogP contribution in [0.15, 0.2) is 48.5 Å². The minimum atomic E-state index is -0.474. The quantitative estimate of drug-likeness (QED) is 0.113. The molecule has 6 heteroatoms. The van der Waals surface area contributed by atoms with E-state index < -0.39 is 5.97 Å². The van der Waals surface area contributed by atoms with Crippen molar-refractivity contribution in [1.82, 2.24) is 0 Å². The van der Waals surface area contributed by atoms with Crippen molar-refractivity contribution in [1.29, 1.82) is 0 Å². The highest BCUT2D eigenvalue weighted by Crippen LogP contribution is 2.33. The second-order valence-electron chi connectivity index (χ2n) is 9.81. The van der Waals surface area contributed by atoms with E-state index in [1.54, 1.807) is 48.5 Å². The van der Waals surface area contributed by atoms with E-state index >= 15 is 0 Å². The van der Waals surface area contributed by atoms with Crippen LogP contribution in [0, 0.1) is 11.8 Å². The number of anilines is 2. The largest absolute Gasteiger partial charge is 0.458 e. The maximum atomic E-state index is 12.6. The van der Waals surface area contributed by atoms with Crippen LogP contribution < -0.4 is 16.2 Å². The second kappa shape index (κ2) is 14.3. The van der Waals surface area contributed by atoms with Crippen LogP contribution >= 0.6 is 0 Å². The third-order valence-corrected chi connectivity index (χ3v) is 6.95. The summed E-state index contributed by atoms with van der Waals surface area (Å²) in [5.74, 6) is 0.670. The lowest BCUT2D eigenvalue weighted by Gasteiger charge is -2.27. The van der Waals surface area contributed by atoms with Crippen LogP contribution in [-0.2, 0) is 20.9 Å². The predicted molar refractivity (Wildman–Crippen MR) is 145 cm³/mol. The fourth-order valence-electron chi connectivity index (χ4n) is 4.68. The molecule has 0 bridgehead atoms. The minimum absolute atomic E-state index is 0.00854. The highest BCUT2D eigenvalue weighted by molar-refractivity contribution is 5.87. The molecule has 0 aliphatic heterocycles. The summed E-state index contributed by atoms with van der Waals surface area (Å²) in [4.78, 5) is 24.7. The van der Waals surface area contributed by atoms with Gasteiger partial charge in [-0.1, -0.05) is 63.6 Å². The van der Waals surface area contributed by atoms with Gasteiger partial charge in [-0.3, -0.25) is 4.79 Å². The summed E-state index contributed by atoms with van der Waals surface area (Å²) in [7, 11) is 0. The van der Waals surface area contributed by atoms with Gasteiger partial charge in [0, 0.05) is 23.0 Å². The monoisotopic (exact) mass is 492 g/mol. The molecule has 3 rings (SSSR count). The Morgan fingerprint density at radius 2 is 1.67 bits per heavy atom.